The molecule has 0 atom stereocenters. The van der Waals surface area contributed by atoms with Crippen LogP contribution < -0.4 is 0 Å². The van der Waals surface area contributed by atoms with E-state index in [-0.39, 0.29) is 23.6 Å². The summed E-state index contributed by atoms with van der Waals surface area (Å²) in [6.45, 7) is 5.54. The van der Waals surface area contributed by atoms with E-state index in [4.69, 9.17) is 4.74 Å². The van der Waals surface area contributed by atoms with Crippen molar-refractivity contribution in [2.45, 2.75) is 71.3 Å². The molecule has 0 amide bonds. The van der Waals surface area contributed by atoms with Gasteiger partial charge in [0.05, 0.1) is 0 Å². The first kappa shape index (κ1) is 14.1. The highest BCUT2D eigenvalue weighted by Crippen LogP contribution is 2.60. The van der Waals surface area contributed by atoms with E-state index in [1.54, 1.807) is 0 Å². The summed E-state index contributed by atoms with van der Waals surface area (Å²) in [7, 11) is 0. The van der Waals surface area contributed by atoms with Crippen LogP contribution in [-0.2, 0) is 14.3 Å². The number of carbonyl (C=O) groups is 2. The molecule has 112 valence electrons. The molecule has 0 spiro atoms. The third kappa shape index (κ3) is 2.64. The Morgan fingerprint density at radius 2 is 1.45 bits per heavy atom. The van der Waals surface area contributed by atoms with Crippen LogP contribution in [0.25, 0.3) is 0 Å². The van der Waals surface area contributed by atoms with Crippen LogP contribution in [0.2, 0.25) is 0 Å². The number of rotatable bonds is 3. The summed E-state index contributed by atoms with van der Waals surface area (Å²) in [5.74, 6) is 2.03. The summed E-state index contributed by atoms with van der Waals surface area (Å²) in [6, 6.07) is 0. The lowest BCUT2D eigenvalue weighted by Crippen LogP contribution is -2.50. The van der Waals surface area contributed by atoms with Crippen LogP contribution >= 0.6 is 0 Å². The fraction of sp³-hybridized carbons (Fsp3) is 0.882. The van der Waals surface area contributed by atoms with E-state index < -0.39 is 5.60 Å². The largest absolute Gasteiger partial charge is 0.460 e. The second-order valence-electron chi connectivity index (χ2n) is 8.38. The summed E-state index contributed by atoms with van der Waals surface area (Å²) >= 11 is 0. The van der Waals surface area contributed by atoms with E-state index in [0.717, 1.165) is 37.0 Å². The van der Waals surface area contributed by atoms with Crippen molar-refractivity contribution in [3.8, 4) is 0 Å². The highest BCUT2D eigenvalue weighted by atomic mass is 16.6. The fourth-order valence-electron chi connectivity index (χ4n) is 5.15. The zero-order chi connectivity index (χ0) is 14.5. The maximum Gasteiger partial charge on any atom is 0.313 e. The normalized spacial score (nSPS) is 38.9. The van der Waals surface area contributed by atoms with Crippen LogP contribution in [0.15, 0.2) is 0 Å². The number of hydrogen-bond donors (Lipinski definition) is 0. The summed E-state index contributed by atoms with van der Waals surface area (Å²) < 4.78 is 5.31. The van der Waals surface area contributed by atoms with Crippen molar-refractivity contribution in [1.29, 1.82) is 0 Å². The number of esters is 1. The molecule has 0 aromatic heterocycles. The van der Waals surface area contributed by atoms with Gasteiger partial charge in [-0.25, -0.2) is 0 Å². The predicted octanol–water partition coefficient (Wildman–Crippen LogP) is 3.50. The second kappa shape index (κ2) is 4.57. The first-order chi connectivity index (χ1) is 9.26. The zero-order valence-corrected chi connectivity index (χ0v) is 12.9. The molecule has 0 unspecified atom stereocenters. The quantitative estimate of drug-likeness (QED) is 0.586. The maximum atomic E-state index is 12.7. The van der Waals surface area contributed by atoms with E-state index >= 15 is 0 Å². The summed E-state index contributed by atoms with van der Waals surface area (Å²) in [5.41, 5.74) is -0.676. The topological polar surface area (TPSA) is 43.4 Å². The lowest BCUT2D eigenvalue weighted by Gasteiger charge is -2.55. The van der Waals surface area contributed by atoms with Crippen LogP contribution in [0.4, 0.5) is 0 Å². The zero-order valence-electron chi connectivity index (χ0n) is 12.9. The lowest BCUT2D eigenvalue weighted by molar-refractivity contribution is -0.161. The monoisotopic (exact) mass is 278 g/mol. The fourth-order valence-corrected chi connectivity index (χ4v) is 5.15. The molecule has 4 aliphatic carbocycles. The molecule has 0 aliphatic heterocycles. The molecule has 4 saturated carbocycles. The molecule has 0 N–H and O–H groups in total. The Balaban J connectivity index is 1.67. The van der Waals surface area contributed by atoms with E-state index in [2.05, 4.69) is 0 Å². The predicted molar refractivity (Wildman–Crippen MR) is 76.1 cm³/mol. The van der Waals surface area contributed by atoms with Gasteiger partial charge in [-0.2, -0.15) is 0 Å². The van der Waals surface area contributed by atoms with Crippen LogP contribution in [0.5, 0.6) is 0 Å². The minimum absolute atomic E-state index is 0.0244. The van der Waals surface area contributed by atoms with Crippen molar-refractivity contribution in [3.63, 3.8) is 0 Å². The van der Waals surface area contributed by atoms with Gasteiger partial charge in [-0.1, -0.05) is 0 Å². The van der Waals surface area contributed by atoms with E-state index in [9.17, 15) is 9.59 Å². The molecule has 0 saturated heterocycles. The first-order valence-electron chi connectivity index (χ1n) is 8.01. The first-order valence-corrected chi connectivity index (χ1v) is 8.01. The highest BCUT2D eigenvalue weighted by Gasteiger charge is 2.54. The molecule has 0 heterocycles. The average Bonchev–Trinajstić information content (AvgIpc) is 2.23. The number of carbonyl (C=O) groups excluding carboxylic acids is 2. The third-order valence-electron chi connectivity index (χ3n) is 5.35. The summed E-state index contributed by atoms with van der Waals surface area (Å²) in [4.78, 5) is 24.6. The molecule has 0 aromatic rings. The van der Waals surface area contributed by atoms with Crippen molar-refractivity contribution in [2.75, 3.05) is 0 Å². The molecule has 4 aliphatic rings. The molecule has 4 bridgehead atoms. The summed E-state index contributed by atoms with van der Waals surface area (Å²) in [5, 5.41) is 0. The molecular weight excluding hydrogens is 252 g/mol. The number of Topliss-reactive ketones (excluding diaryl/α,β-unsaturated/α-hetero) is 1. The van der Waals surface area contributed by atoms with Gasteiger partial charge in [0.2, 0.25) is 0 Å². The van der Waals surface area contributed by atoms with E-state index in [1.807, 2.05) is 20.8 Å². The molecule has 3 nitrogen and oxygen atoms in total. The van der Waals surface area contributed by atoms with Gasteiger partial charge < -0.3 is 4.74 Å². The van der Waals surface area contributed by atoms with Crippen LogP contribution in [0.1, 0.15) is 65.7 Å². The van der Waals surface area contributed by atoms with Crippen molar-refractivity contribution >= 4 is 11.8 Å². The van der Waals surface area contributed by atoms with Crippen LogP contribution in [0, 0.1) is 23.2 Å². The Kier molecular flexibility index (Phi) is 3.22. The van der Waals surface area contributed by atoms with Gasteiger partial charge in [-0.15, -0.1) is 0 Å². The number of ether oxygens (including phenoxy) is 1. The SMILES string of the molecule is CC(C)(C)OC(=O)CC(=O)C12CC3CC(CC(C3)C1)C2. The molecule has 4 fully saturated rings. The van der Waals surface area contributed by atoms with Gasteiger partial charge in [-0.05, 0) is 77.0 Å². The molecule has 0 radical (unpaired) electrons. The molecule has 0 aromatic carbocycles. The number of hydrogen-bond acceptors (Lipinski definition) is 3. The Hall–Kier alpha value is -0.860. The minimum atomic E-state index is -0.501. The van der Waals surface area contributed by atoms with Crippen molar-refractivity contribution in [3.05, 3.63) is 0 Å². The lowest BCUT2D eigenvalue weighted by atomic mass is 9.48. The molecule has 20 heavy (non-hydrogen) atoms. The van der Waals surface area contributed by atoms with Crippen LogP contribution in [-0.4, -0.2) is 17.4 Å². The summed E-state index contributed by atoms with van der Waals surface area (Å²) in [6.07, 6.45) is 7.02. The van der Waals surface area contributed by atoms with Crippen molar-refractivity contribution in [1.82, 2.24) is 0 Å². The standard InChI is InChI=1S/C17H26O3/c1-16(2,3)20-15(19)7-14(18)17-8-11-4-12(9-17)6-13(5-11)10-17/h11-13H,4-10H2,1-3H3. The number of ketones is 1. The average molecular weight is 278 g/mol. The Labute approximate surface area is 121 Å². The third-order valence-corrected chi connectivity index (χ3v) is 5.35. The van der Waals surface area contributed by atoms with Crippen LogP contribution in [0.3, 0.4) is 0 Å². The molecular formula is C17H26O3. The maximum absolute atomic E-state index is 12.7. The Bertz CT molecular complexity index is 395. The molecule has 3 heteroatoms. The molecule has 4 rings (SSSR count). The Morgan fingerprint density at radius 1 is 1.00 bits per heavy atom. The highest BCUT2D eigenvalue weighted by molar-refractivity contribution is 5.99. The Morgan fingerprint density at radius 3 is 1.85 bits per heavy atom. The van der Waals surface area contributed by atoms with Gasteiger partial charge in [0.25, 0.3) is 0 Å². The van der Waals surface area contributed by atoms with Gasteiger partial charge in [-0.3, -0.25) is 9.59 Å². The van der Waals surface area contributed by atoms with Gasteiger partial charge >= 0.3 is 5.97 Å². The van der Waals surface area contributed by atoms with Crippen molar-refractivity contribution < 1.29 is 14.3 Å². The second-order valence-corrected chi connectivity index (χ2v) is 8.38. The van der Waals surface area contributed by atoms with E-state index in [0.29, 0.717) is 0 Å². The van der Waals surface area contributed by atoms with E-state index in [1.165, 1.54) is 19.3 Å². The van der Waals surface area contributed by atoms with Gasteiger partial charge in [0.1, 0.15) is 17.8 Å². The van der Waals surface area contributed by atoms with Crippen molar-refractivity contribution in [2.24, 2.45) is 23.2 Å². The van der Waals surface area contributed by atoms with Gasteiger partial charge in [0.15, 0.2) is 0 Å². The minimum Gasteiger partial charge on any atom is -0.460 e. The smallest absolute Gasteiger partial charge is 0.313 e. The van der Waals surface area contributed by atoms with Gasteiger partial charge in [0, 0.05) is 5.41 Å².